The maximum absolute atomic E-state index is 13.0. The van der Waals surface area contributed by atoms with Gasteiger partial charge in [-0.25, -0.2) is 0 Å². The van der Waals surface area contributed by atoms with Crippen LogP contribution in [0.3, 0.4) is 0 Å². The highest BCUT2D eigenvalue weighted by atomic mass is 31.2. The predicted octanol–water partition coefficient (Wildman–Crippen LogP) is 18.6. The van der Waals surface area contributed by atoms with E-state index in [1.54, 1.807) is 0 Å². The predicted molar refractivity (Wildman–Crippen MR) is 316 cm³/mol. The SMILES string of the molecule is CC/C=C\C/C=C\C/C=C\C/C=C\C/C=C\CCCCCCCCCCCCCCCCCC(=O)NC(COP(=O)([O-])OCC[N+](C)(C)C)C(O)CCCCCCCCCCCCCCCCCCCCCC. The van der Waals surface area contributed by atoms with Gasteiger partial charge in [-0.05, 0) is 57.8 Å². The summed E-state index contributed by atoms with van der Waals surface area (Å²) in [5.41, 5.74) is 0. The Morgan fingerprint density at radius 3 is 1.22 bits per heavy atom. The number of hydrogen-bond acceptors (Lipinski definition) is 6. The van der Waals surface area contributed by atoms with Gasteiger partial charge in [-0.1, -0.05) is 286 Å². The fourth-order valence-corrected chi connectivity index (χ4v) is 9.91. The molecule has 0 aromatic carbocycles. The molecule has 0 fully saturated rings. The zero-order valence-electron chi connectivity index (χ0n) is 48.8. The van der Waals surface area contributed by atoms with Crippen molar-refractivity contribution in [2.75, 3.05) is 40.9 Å². The summed E-state index contributed by atoms with van der Waals surface area (Å²) in [5.74, 6) is -0.163. The second-order valence-corrected chi connectivity index (χ2v) is 23.8. The summed E-state index contributed by atoms with van der Waals surface area (Å²) >= 11 is 0. The zero-order valence-corrected chi connectivity index (χ0v) is 49.7. The Morgan fingerprint density at radius 2 is 0.836 bits per heavy atom. The average molecular weight is 1050 g/mol. The molecule has 0 aromatic rings. The number of allylic oxidation sites excluding steroid dienone is 10. The number of phosphoric acid groups is 1. The Balaban J connectivity index is 4.08. The molecule has 0 aliphatic carbocycles. The van der Waals surface area contributed by atoms with E-state index in [9.17, 15) is 19.4 Å². The summed E-state index contributed by atoms with van der Waals surface area (Å²) in [6.45, 7) is 4.64. The summed E-state index contributed by atoms with van der Waals surface area (Å²) in [4.78, 5) is 25.6. The van der Waals surface area contributed by atoms with Gasteiger partial charge in [0.25, 0.3) is 7.82 Å². The maximum atomic E-state index is 13.0. The number of nitrogens with zero attached hydrogens (tertiary/aromatic N) is 1. The minimum absolute atomic E-state index is 0.0118. The van der Waals surface area contributed by atoms with Crippen LogP contribution >= 0.6 is 7.82 Å². The molecule has 8 nitrogen and oxygen atoms in total. The summed E-state index contributed by atoms with van der Waals surface area (Å²) < 4.78 is 23.5. The van der Waals surface area contributed by atoms with Gasteiger partial charge < -0.3 is 28.8 Å². The third-order valence-electron chi connectivity index (χ3n) is 14.0. The van der Waals surface area contributed by atoms with Gasteiger partial charge in [-0.2, -0.15) is 0 Å². The van der Waals surface area contributed by atoms with Crippen LogP contribution in [0.15, 0.2) is 60.8 Å². The first-order valence-electron chi connectivity index (χ1n) is 31.1. The number of nitrogens with one attached hydrogen (secondary N) is 1. The molecule has 0 heterocycles. The van der Waals surface area contributed by atoms with Gasteiger partial charge in [-0.15, -0.1) is 0 Å². The van der Waals surface area contributed by atoms with E-state index in [-0.39, 0.29) is 19.1 Å². The van der Waals surface area contributed by atoms with E-state index >= 15 is 0 Å². The zero-order chi connectivity index (χ0) is 53.5. The Hall–Kier alpha value is -1.80. The lowest BCUT2D eigenvalue weighted by Gasteiger charge is -2.30. The number of likely N-dealkylation sites (N-methyl/N-ethyl adjacent to an activating group) is 1. The molecule has 0 radical (unpaired) electrons. The van der Waals surface area contributed by atoms with Crippen LogP contribution in [-0.4, -0.2) is 68.5 Å². The molecule has 0 saturated heterocycles. The van der Waals surface area contributed by atoms with Crippen molar-refractivity contribution in [3.05, 3.63) is 60.8 Å². The molecule has 2 N–H and O–H groups in total. The third-order valence-corrected chi connectivity index (χ3v) is 15.0. The molecule has 3 unspecified atom stereocenters. The highest BCUT2D eigenvalue weighted by molar-refractivity contribution is 7.45. The standard InChI is InChI=1S/C64H121N2O6P/c1-6-8-10-12-14-16-18-20-22-24-26-28-29-30-31-32-33-34-35-36-37-38-40-42-44-46-48-50-52-54-56-58-64(68)65-62(61-72-73(69,70)71-60-59-66(3,4)5)63(67)57-55-53-51-49-47-45-43-41-39-27-25-23-21-19-17-15-13-11-9-7-2/h8,10,14,16,20,22,26,28,30-31,62-63,67H,6-7,9,11-13,15,17-19,21,23-25,27,29,32-61H2,1-5H3,(H-,65,68,69,70)/b10-8-,16-14-,22-20-,28-26-,31-30-. The molecule has 428 valence electrons. The third kappa shape index (κ3) is 57.7. The number of amides is 1. The van der Waals surface area contributed by atoms with Crippen LogP contribution in [0.4, 0.5) is 0 Å². The Labute approximate surface area is 453 Å². The lowest BCUT2D eigenvalue weighted by atomic mass is 10.0. The highest BCUT2D eigenvalue weighted by Crippen LogP contribution is 2.38. The number of aliphatic hydroxyl groups excluding tert-OH is 1. The molecule has 0 spiro atoms. The normalized spacial score (nSPS) is 14.2. The summed E-state index contributed by atoms with van der Waals surface area (Å²) in [5, 5.41) is 14.1. The van der Waals surface area contributed by atoms with Gasteiger partial charge in [0.15, 0.2) is 0 Å². The van der Waals surface area contributed by atoms with Crippen molar-refractivity contribution >= 4 is 13.7 Å². The largest absolute Gasteiger partial charge is 0.756 e. The minimum atomic E-state index is -4.58. The smallest absolute Gasteiger partial charge is 0.268 e. The molecule has 3 atom stereocenters. The van der Waals surface area contributed by atoms with E-state index in [4.69, 9.17) is 9.05 Å². The number of carbonyl (C=O) groups is 1. The average Bonchev–Trinajstić information content (AvgIpc) is 3.35. The number of unbranched alkanes of at least 4 members (excludes halogenated alkanes) is 34. The van der Waals surface area contributed by atoms with Crippen molar-refractivity contribution in [2.45, 2.75) is 302 Å². The van der Waals surface area contributed by atoms with Crippen molar-refractivity contribution in [3.63, 3.8) is 0 Å². The first kappa shape index (κ1) is 71.2. The van der Waals surface area contributed by atoms with Crippen LogP contribution in [-0.2, 0) is 18.4 Å². The van der Waals surface area contributed by atoms with E-state index in [1.807, 2.05) is 21.1 Å². The van der Waals surface area contributed by atoms with Crippen molar-refractivity contribution in [1.29, 1.82) is 0 Å². The fourth-order valence-electron chi connectivity index (χ4n) is 9.19. The molecule has 0 rings (SSSR count). The van der Waals surface area contributed by atoms with Gasteiger partial charge in [0.2, 0.25) is 5.91 Å². The van der Waals surface area contributed by atoms with Crippen molar-refractivity contribution in [2.24, 2.45) is 0 Å². The number of quaternary nitrogens is 1. The summed E-state index contributed by atoms with van der Waals surface area (Å²) in [7, 11) is 1.31. The monoisotopic (exact) mass is 1040 g/mol. The Morgan fingerprint density at radius 1 is 0.493 bits per heavy atom. The van der Waals surface area contributed by atoms with E-state index in [2.05, 4.69) is 79.9 Å². The minimum Gasteiger partial charge on any atom is -0.756 e. The first-order chi connectivity index (χ1) is 35.5. The fraction of sp³-hybridized carbons (Fsp3) is 0.828. The molecule has 0 aliphatic rings. The first-order valence-corrected chi connectivity index (χ1v) is 32.6. The topological polar surface area (TPSA) is 108 Å². The molecule has 0 saturated carbocycles. The quantitative estimate of drug-likeness (QED) is 0.0272. The number of hydrogen-bond donors (Lipinski definition) is 2. The molecular formula is C64H121N2O6P. The van der Waals surface area contributed by atoms with E-state index in [0.717, 1.165) is 70.6 Å². The Bertz CT molecular complexity index is 1370. The van der Waals surface area contributed by atoms with Crippen LogP contribution in [0.5, 0.6) is 0 Å². The number of rotatable bonds is 57. The van der Waals surface area contributed by atoms with E-state index in [1.165, 1.54) is 193 Å². The number of carbonyl (C=O) groups excluding carboxylic acids is 1. The van der Waals surface area contributed by atoms with Crippen LogP contribution in [0.25, 0.3) is 0 Å². The van der Waals surface area contributed by atoms with Crippen molar-refractivity contribution in [1.82, 2.24) is 5.32 Å². The number of phosphoric ester groups is 1. The van der Waals surface area contributed by atoms with Crippen molar-refractivity contribution in [3.8, 4) is 0 Å². The highest BCUT2D eigenvalue weighted by Gasteiger charge is 2.24. The lowest BCUT2D eigenvalue weighted by molar-refractivity contribution is -0.870. The maximum Gasteiger partial charge on any atom is 0.268 e. The Kier molecular flexibility index (Phi) is 53.6. The van der Waals surface area contributed by atoms with Crippen LogP contribution < -0.4 is 10.2 Å². The summed E-state index contributed by atoms with van der Waals surface area (Å²) in [6.07, 6.45) is 74.0. The van der Waals surface area contributed by atoms with Gasteiger partial charge in [0.05, 0.1) is 39.9 Å². The molecule has 1 amide bonds. The van der Waals surface area contributed by atoms with E-state index in [0.29, 0.717) is 23.9 Å². The second kappa shape index (κ2) is 55.0. The molecule has 0 aromatic heterocycles. The number of aliphatic hydroxyl groups is 1. The van der Waals surface area contributed by atoms with E-state index < -0.39 is 20.0 Å². The lowest BCUT2D eigenvalue weighted by Crippen LogP contribution is -2.46. The van der Waals surface area contributed by atoms with Crippen LogP contribution in [0.1, 0.15) is 290 Å². The van der Waals surface area contributed by atoms with Gasteiger partial charge >= 0.3 is 0 Å². The molecule has 0 aliphatic heterocycles. The molecule has 9 heteroatoms. The molecule has 73 heavy (non-hydrogen) atoms. The van der Waals surface area contributed by atoms with Gasteiger partial charge in [0, 0.05) is 6.42 Å². The van der Waals surface area contributed by atoms with Crippen LogP contribution in [0.2, 0.25) is 0 Å². The summed E-state index contributed by atoms with van der Waals surface area (Å²) in [6, 6.07) is -0.803. The second-order valence-electron chi connectivity index (χ2n) is 22.4. The molecular weight excluding hydrogens is 924 g/mol. The van der Waals surface area contributed by atoms with Gasteiger partial charge in [-0.3, -0.25) is 9.36 Å². The van der Waals surface area contributed by atoms with Crippen LogP contribution in [0, 0.1) is 0 Å². The van der Waals surface area contributed by atoms with Gasteiger partial charge in [0.1, 0.15) is 13.2 Å². The molecule has 0 bridgehead atoms. The van der Waals surface area contributed by atoms with Crippen molar-refractivity contribution < 1.29 is 32.9 Å².